The highest BCUT2D eigenvalue weighted by atomic mass is 19.1. The molecule has 0 aliphatic carbocycles. The summed E-state index contributed by atoms with van der Waals surface area (Å²) in [4.78, 5) is 24.0. The van der Waals surface area contributed by atoms with E-state index in [4.69, 9.17) is 0 Å². The quantitative estimate of drug-likeness (QED) is 0.691. The van der Waals surface area contributed by atoms with Crippen LogP contribution in [0.1, 0.15) is 12.8 Å². The van der Waals surface area contributed by atoms with Crippen molar-refractivity contribution >= 4 is 0 Å². The first-order valence-electron chi connectivity index (χ1n) is 4.89. The molecule has 5 nitrogen and oxygen atoms in total. The van der Waals surface area contributed by atoms with Crippen LogP contribution in [0.3, 0.4) is 0 Å². The van der Waals surface area contributed by atoms with Crippen LogP contribution in [0, 0.1) is 5.82 Å². The molecule has 0 spiro atoms. The standard InChI is InChI=1S/C9H12FN3O2/c10-7-5-13(9(15)12-8(7)14)4-6-2-1-3-11-6/h5-6,11H,1-4H2,(H,12,14,15)/t6-/m0/s1. The molecule has 2 N–H and O–H groups in total. The molecule has 1 aliphatic rings. The zero-order chi connectivity index (χ0) is 10.8. The average Bonchev–Trinajstić information content (AvgIpc) is 2.67. The van der Waals surface area contributed by atoms with Gasteiger partial charge in [0.1, 0.15) is 0 Å². The molecule has 82 valence electrons. The third-order valence-electron chi connectivity index (χ3n) is 2.55. The van der Waals surface area contributed by atoms with Gasteiger partial charge in [0.2, 0.25) is 5.82 Å². The highest BCUT2D eigenvalue weighted by molar-refractivity contribution is 4.88. The Labute approximate surface area is 84.9 Å². The first-order chi connectivity index (χ1) is 7.16. The molecular weight excluding hydrogens is 201 g/mol. The Kier molecular flexibility index (Phi) is 2.68. The number of halogens is 1. The average molecular weight is 213 g/mol. The zero-order valence-corrected chi connectivity index (χ0v) is 8.12. The summed E-state index contributed by atoms with van der Waals surface area (Å²) in [5, 5.41) is 3.19. The van der Waals surface area contributed by atoms with Crippen LogP contribution in [-0.4, -0.2) is 22.1 Å². The summed E-state index contributed by atoms with van der Waals surface area (Å²) in [7, 11) is 0. The summed E-state index contributed by atoms with van der Waals surface area (Å²) < 4.78 is 14.1. The van der Waals surface area contributed by atoms with E-state index in [1.807, 2.05) is 4.98 Å². The Morgan fingerprint density at radius 1 is 1.53 bits per heavy atom. The third kappa shape index (κ3) is 2.15. The molecule has 2 heterocycles. The Morgan fingerprint density at radius 2 is 2.33 bits per heavy atom. The van der Waals surface area contributed by atoms with Crippen LogP contribution in [0.25, 0.3) is 0 Å². The fourth-order valence-corrected chi connectivity index (χ4v) is 1.77. The van der Waals surface area contributed by atoms with Crippen LogP contribution >= 0.6 is 0 Å². The summed E-state index contributed by atoms with van der Waals surface area (Å²) in [6, 6.07) is 0.188. The number of hydrogen-bond donors (Lipinski definition) is 2. The first kappa shape index (κ1) is 10.1. The topological polar surface area (TPSA) is 66.9 Å². The number of aromatic nitrogens is 2. The number of H-pyrrole nitrogens is 1. The van der Waals surface area contributed by atoms with E-state index in [9.17, 15) is 14.0 Å². The summed E-state index contributed by atoms with van der Waals surface area (Å²) >= 11 is 0. The van der Waals surface area contributed by atoms with Crippen molar-refractivity contribution < 1.29 is 4.39 Å². The van der Waals surface area contributed by atoms with Crippen LogP contribution in [0.5, 0.6) is 0 Å². The van der Waals surface area contributed by atoms with Gasteiger partial charge >= 0.3 is 5.69 Å². The van der Waals surface area contributed by atoms with Gasteiger partial charge in [-0.15, -0.1) is 0 Å². The molecule has 1 aliphatic heterocycles. The first-order valence-corrected chi connectivity index (χ1v) is 4.89. The lowest BCUT2D eigenvalue weighted by Gasteiger charge is -2.11. The minimum Gasteiger partial charge on any atom is -0.312 e. The highest BCUT2D eigenvalue weighted by Gasteiger charge is 2.15. The van der Waals surface area contributed by atoms with Gasteiger partial charge < -0.3 is 5.32 Å². The van der Waals surface area contributed by atoms with Crippen molar-refractivity contribution in [1.29, 1.82) is 0 Å². The molecule has 1 atom stereocenters. The van der Waals surface area contributed by atoms with Gasteiger partial charge in [-0.1, -0.05) is 0 Å². The predicted molar refractivity (Wildman–Crippen MR) is 52.3 cm³/mol. The molecule has 1 saturated heterocycles. The molecule has 0 saturated carbocycles. The molecule has 15 heavy (non-hydrogen) atoms. The van der Waals surface area contributed by atoms with E-state index in [0.717, 1.165) is 25.6 Å². The fraction of sp³-hybridized carbons (Fsp3) is 0.556. The fourth-order valence-electron chi connectivity index (χ4n) is 1.77. The van der Waals surface area contributed by atoms with Crippen molar-refractivity contribution in [1.82, 2.24) is 14.9 Å². The van der Waals surface area contributed by atoms with E-state index < -0.39 is 17.1 Å². The summed E-state index contributed by atoms with van der Waals surface area (Å²) in [5.41, 5.74) is -1.52. The van der Waals surface area contributed by atoms with Crippen molar-refractivity contribution in [3.8, 4) is 0 Å². The summed E-state index contributed by atoms with van der Waals surface area (Å²) in [6.07, 6.45) is 2.99. The molecule has 0 amide bonds. The Bertz CT molecular complexity index is 459. The van der Waals surface area contributed by atoms with Gasteiger partial charge in [-0.2, -0.15) is 4.39 Å². The second-order valence-corrected chi connectivity index (χ2v) is 3.68. The van der Waals surface area contributed by atoms with Gasteiger partial charge in [-0.3, -0.25) is 14.3 Å². The molecule has 6 heteroatoms. The molecular formula is C9H12FN3O2. The lowest BCUT2D eigenvalue weighted by atomic mass is 10.2. The van der Waals surface area contributed by atoms with Crippen LogP contribution < -0.4 is 16.6 Å². The monoisotopic (exact) mass is 213 g/mol. The molecule has 1 fully saturated rings. The number of aromatic amines is 1. The maximum atomic E-state index is 12.9. The molecule has 0 bridgehead atoms. The van der Waals surface area contributed by atoms with E-state index in [1.54, 1.807) is 0 Å². The van der Waals surface area contributed by atoms with E-state index >= 15 is 0 Å². The lowest BCUT2D eigenvalue weighted by molar-refractivity contribution is 0.473. The Balaban J connectivity index is 2.24. The molecule has 1 aromatic heterocycles. The smallest absolute Gasteiger partial charge is 0.312 e. The van der Waals surface area contributed by atoms with Gasteiger partial charge in [0.15, 0.2) is 0 Å². The molecule has 0 aromatic carbocycles. The molecule has 0 radical (unpaired) electrons. The molecule has 0 unspecified atom stereocenters. The van der Waals surface area contributed by atoms with Crippen LogP contribution in [0.15, 0.2) is 15.8 Å². The van der Waals surface area contributed by atoms with Crippen LogP contribution in [-0.2, 0) is 6.54 Å². The van der Waals surface area contributed by atoms with E-state index in [-0.39, 0.29) is 6.04 Å². The maximum absolute atomic E-state index is 12.9. The Hall–Kier alpha value is -1.43. The van der Waals surface area contributed by atoms with Crippen molar-refractivity contribution in [2.75, 3.05) is 6.54 Å². The number of nitrogens with one attached hydrogen (secondary N) is 2. The van der Waals surface area contributed by atoms with Gasteiger partial charge in [-0.25, -0.2) is 4.79 Å². The minimum absolute atomic E-state index is 0.188. The molecule has 2 rings (SSSR count). The van der Waals surface area contributed by atoms with E-state index in [2.05, 4.69) is 5.32 Å². The van der Waals surface area contributed by atoms with E-state index in [0.29, 0.717) is 6.54 Å². The maximum Gasteiger partial charge on any atom is 0.328 e. The second-order valence-electron chi connectivity index (χ2n) is 3.68. The predicted octanol–water partition coefficient (Wildman–Crippen LogP) is -0.572. The van der Waals surface area contributed by atoms with Gasteiger partial charge in [0, 0.05) is 12.6 Å². The van der Waals surface area contributed by atoms with Crippen molar-refractivity contribution in [3.05, 3.63) is 32.9 Å². The SMILES string of the molecule is O=c1[nH]c(=O)n(C[C@@H]2CCCN2)cc1F. The van der Waals surface area contributed by atoms with Crippen molar-refractivity contribution in [2.24, 2.45) is 0 Å². The van der Waals surface area contributed by atoms with E-state index in [1.165, 1.54) is 4.57 Å². The highest BCUT2D eigenvalue weighted by Crippen LogP contribution is 2.05. The summed E-state index contributed by atoms with van der Waals surface area (Å²) in [5.74, 6) is -0.924. The van der Waals surface area contributed by atoms with Gasteiger partial charge in [0.25, 0.3) is 5.56 Å². The normalized spacial score (nSPS) is 20.7. The van der Waals surface area contributed by atoms with Crippen molar-refractivity contribution in [3.63, 3.8) is 0 Å². The third-order valence-corrected chi connectivity index (χ3v) is 2.55. The minimum atomic E-state index is -0.962. The largest absolute Gasteiger partial charge is 0.328 e. The zero-order valence-electron chi connectivity index (χ0n) is 8.12. The molecule has 1 aromatic rings. The van der Waals surface area contributed by atoms with Crippen LogP contribution in [0.4, 0.5) is 4.39 Å². The van der Waals surface area contributed by atoms with Crippen molar-refractivity contribution in [2.45, 2.75) is 25.4 Å². The van der Waals surface area contributed by atoms with Gasteiger partial charge in [-0.05, 0) is 19.4 Å². The number of nitrogens with zero attached hydrogens (tertiary/aromatic N) is 1. The summed E-state index contributed by atoms with van der Waals surface area (Å²) in [6.45, 7) is 1.32. The second kappa shape index (κ2) is 3.98. The van der Waals surface area contributed by atoms with Crippen LogP contribution in [0.2, 0.25) is 0 Å². The lowest BCUT2D eigenvalue weighted by Crippen LogP contribution is -2.36. The van der Waals surface area contributed by atoms with Gasteiger partial charge in [0.05, 0.1) is 6.20 Å². The number of rotatable bonds is 2. The Morgan fingerprint density at radius 3 is 3.00 bits per heavy atom. The number of hydrogen-bond acceptors (Lipinski definition) is 3.